The molecule has 0 unspecified atom stereocenters. The number of benzene rings is 3. The minimum atomic E-state index is 0.101. The average molecular weight is 274 g/mol. The molecule has 0 saturated heterocycles. The van der Waals surface area contributed by atoms with E-state index in [0.29, 0.717) is 0 Å². The molecule has 3 aromatic rings. The number of fused-ring (bicyclic) bond motifs is 1. The van der Waals surface area contributed by atoms with Gasteiger partial charge in [-0.1, -0.05) is 60.2 Å². The SMILES string of the molecule is Cc1ccc(C(=O)c2ccc(C)c3ccccc23)c(C)c1. The molecule has 0 bridgehead atoms. The fourth-order valence-electron chi connectivity index (χ4n) is 2.86. The van der Waals surface area contributed by atoms with Gasteiger partial charge in [-0.05, 0) is 42.7 Å². The number of hydrogen-bond acceptors (Lipinski definition) is 1. The van der Waals surface area contributed by atoms with E-state index in [1.54, 1.807) is 0 Å². The minimum Gasteiger partial charge on any atom is -0.289 e. The Kier molecular flexibility index (Phi) is 3.34. The van der Waals surface area contributed by atoms with Crippen molar-refractivity contribution in [1.82, 2.24) is 0 Å². The summed E-state index contributed by atoms with van der Waals surface area (Å²) < 4.78 is 0. The first-order chi connectivity index (χ1) is 10.1. The van der Waals surface area contributed by atoms with Crippen LogP contribution in [0.5, 0.6) is 0 Å². The normalized spacial score (nSPS) is 10.8. The number of aryl methyl sites for hydroxylation is 3. The van der Waals surface area contributed by atoms with Crippen LogP contribution >= 0.6 is 0 Å². The van der Waals surface area contributed by atoms with E-state index >= 15 is 0 Å². The second kappa shape index (κ2) is 5.17. The highest BCUT2D eigenvalue weighted by atomic mass is 16.1. The molecule has 1 heteroatoms. The first-order valence-electron chi connectivity index (χ1n) is 7.18. The van der Waals surface area contributed by atoms with E-state index < -0.39 is 0 Å². The third-order valence-electron chi connectivity index (χ3n) is 4.01. The fraction of sp³-hybridized carbons (Fsp3) is 0.150. The molecule has 0 aliphatic carbocycles. The molecule has 1 nitrogen and oxygen atoms in total. The molecule has 0 aliphatic rings. The monoisotopic (exact) mass is 274 g/mol. The Bertz CT molecular complexity index is 844. The van der Waals surface area contributed by atoms with E-state index in [4.69, 9.17) is 0 Å². The Morgan fingerprint density at radius 2 is 1.38 bits per heavy atom. The summed E-state index contributed by atoms with van der Waals surface area (Å²) in [7, 11) is 0. The summed E-state index contributed by atoms with van der Waals surface area (Å²) in [5.41, 5.74) is 4.98. The van der Waals surface area contributed by atoms with E-state index in [-0.39, 0.29) is 5.78 Å². The van der Waals surface area contributed by atoms with Crippen molar-refractivity contribution in [3.05, 3.63) is 82.4 Å². The highest BCUT2D eigenvalue weighted by molar-refractivity contribution is 6.17. The van der Waals surface area contributed by atoms with Gasteiger partial charge in [0.05, 0.1) is 0 Å². The van der Waals surface area contributed by atoms with Crippen LogP contribution in [0.15, 0.2) is 54.6 Å². The van der Waals surface area contributed by atoms with E-state index in [1.165, 1.54) is 11.1 Å². The highest BCUT2D eigenvalue weighted by Crippen LogP contribution is 2.25. The maximum Gasteiger partial charge on any atom is 0.193 e. The summed E-state index contributed by atoms with van der Waals surface area (Å²) in [6.45, 7) is 6.12. The lowest BCUT2D eigenvalue weighted by atomic mass is 9.92. The predicted molar refractivity (Wildman–Crippen MR) is 88.0 cm³/mol. The highest BCUT2D eigenvalue weighted by Gasteiger charge is 2.15. The number of rotatable bonds is 2. The molecule has 0 spiro atoms. The van der Waals surface area contributed by atoms with Crippen LogP contribution in [0.1, 0.15) is 32.6 Å². The summed E-state index contributed by atoms with van der Waals surface area (Å²) in [6.07, 6.45) is 0. The van der Waals surface area contributed by atoms with Crippen molar-refractivity contribution in [3.8, 4) is 0 Å². The molecule has 0 atom stereocenters. The molecule has 3 rings (SSSR count). The second-order valence-corrected chi connectivity index (χ2v) is 5.62. The van der Waals surface area contributed by atoms with E-state index in [0.717, 1.165) is 27.5 Å². The fourth-order valence-corrected chi connectivity index (χ4v) is 2.86. The van der Waals surface area contributed by atoms with Crippen LogP contribution in [0.3, 0.4) is 0 Å². The average Bonchev–Trinajstić information content (AvgIpc) is 2.47. The van der Waals surface area contributed by atoms with Crippen molar-refractivity contribution in [3.63, 3.8) is 0 Å². The van der Waals surface area contributed by atoms with Gasteiger partial charge >= 0.3 is 0 Å². The molecule has 0 heterocycles. The van der Waals surface area contributed by atoms with Crippen LogP contribution in [0.25, 0.3) is 10.8 Å². The van der Waals surface area contributed by atoms with Crippen LogP contribution in [-0.4, -0.2) is 5.78 Å². The second-order valence-electron chi connectivity index (χ2n) is 5.62. The van der Waals surface area contributed by atoms with Crippen molar-refractivity contribution < 1.29 is 4.79 Å². The summed E-state index contributed by atoms with van der Waals surface area (Å²) in [5.74, 6) is 0.101. The van der Waals surface area contributed by atoms with Gasteiger partial charge in [0.2, 0.25) is 0 Å². The van der Waals surface area contributed by atoms with Crippen LogP contribution in [0.2, 0.25) is 0 Å². The van der Waals surface area contributed by atoms with Gasteiger partial charge in [-0.15, -0.1) is 0 Å². The quantitative estimate of drug-likeness (QED) is 0.601. The molecular formula is C20H18O. The van der Waals surface area contributed by atoms with Crippen LogP contribution in [-0.2, 0) is 0 Å². The van der Waals surface area contributed by atoms with Crippen molar-refractivity contribution in [2.45, 2.75) is 20.8 Å². The van der Waals surface area contributed by atoms with Crippen molar-refractivity contribution in [2.24, 2.45) is 0 Å². The number of carbonyl (C=O) groups excluding carboxylic acids is 1. The third-order valence-corrected chi connectivity index (χ3v) is 4.01. The van der Waals surface area contributed by atoms with Gasteiger partial charge in [0.15, 0.2) is 5.78 Å². The van der Waals surface area contributed by atoms with E-state index in [2.05, 4.69) is 19.1 Å². The number of hydrogen-bond donors (Lipinski definition) is 0. The van der Waals surface area contributed by atoms with Crippen molar-refractivity contribution in [1.29, 1.82) is 0 Å². The number of carbonyl (C=O) groups is 1. The molecule has 0 aliphatic heterocycles. The topological polar surface area (TPSA) is 17.1 Å². The molecule has 0 saturated carbocycles. The summed E-state index contributed by atoms with van der Waals surface area (Å²) >= 11 is 0. The van der Waals surface area contributed by atoms with Gasteiger partial charge in [-0.2, -0.15) is 0 Å². The molecule has 21 heavy (non-hydrogen) atoms. The summed E-state index contributed by atoms with van der Waals surface area (Å²) in [5, 5.41) is 2.18. The van der Waals surface area contributed by atoms with Crippen molar-refractivity contribution in [2.75, 3.05) is 0 Å². The van der Waals surface area contributed by atoms with Gasteiger partial charge in [-0.3, -0.25) is 4.79 Å². The number of ketones is 1. The smallest absolute Gasteiger partial charge is 0.193 e. The maximum atomic E-state index is 12.9. The lowest BCUT2D eigenvalue weighted by Crippen LogP contribution is -2.05. The zero-order valence-electron chi connectivity index (χ0n) is 12.6. The maximum absolute atomic E-state index is 12.9. The molecule has 0 radical (unpaired) electrons. The van der Waals surface area contributed by atoms with E-state index in [9.17, 15) is 4.79 Å². The van der Waals surface area contributed by atoms with Gasteiger partial charge in [-0.25, -0.2) is 0 Å². The Balaban J connectivity index is 2.21. The van der Waals surface area contributed by atoms with Crippen LogP contribution in [0, 0.1) is 20.8 Å². The van der Waals surface area contributed by atoms with E-state index in [1.807, 2.05) is 56.3 Å². The van der Waals surface area contributed by atoms with Gasteiger partial charge in [0.1, 0.15) is 0 Å². The molecule has 0 amide bonds. The predicted octanol–water partition coefficient (Wildman–Crippen LogP) is 5.00. The Labute approximate surface area is 125 Å². The first kappa shape index (κ1) is 13.6. The first-order valence-corrected chi connectivity index (χ1v) is 7.18. The molecule has 3 aromatic carbocycles. The van der Waals surface area contributed by atoms with Gasteiger partial charge in [0, 0.05) is 11.1 Å². The van der Waals surface area contributed by atoms with Crippen LogP contribution < -0.4 is 0 Å². The Hall–Kier alpha value is -2.41. The molecule has 0 aromatic heterocycles. The summed E-state index contributed by atoms with van der Waals surface area (Å²) in [4.78, 5) is 12.9. The largest absolute Gasteiger partial charge is 0.289 e. The molecular weight excluding hydrogens is 256 g/mol. The third kappa shape index (κ3) is 2.36. The summed E-state index contributed by atoms with van der Waals surface area (Å²) in [6, 6.07) is 18.1. The standard InChI is InChI=1S/C20H18O/c1-13-8-10-17(15(3)12-13)20(21)19-11-9-14(2)16-6-4-5-7-18(16)19/h4-12H,1-3H3. The van der Waals surface area contributed by atoms with Crippen LogP contribution in [0.4, 0.5) is 0 Å². The minimum absolute atomic E-state index is 0.101. The molecule has 104 valence electrons. The molecule has 0 N–H and O–H groups in total. The van der Waals surface area contributed by atoms with Crippen molar-refractivity contribution >= 4 is 16.6 Å². The molecule has 0 fully saturated rings. The van der Waals surface area contributed by atoms with Gasteiger partial charge in [0.25, 0.3) is 0 Å². The lowest BCUT2D eigenvalue weighted by molar-refractivity contribution is 0.103. The lowest BCUT2D eigenvalue weighted by Gasteiger charge is -2.10. The zero-order chi connectivity index (χ0) is 15.0. The zero-order valence-corrected chi connectivity index (χ0v) is 12.6. The Morgan fingerprint density at radius 1 is 0.714 bits per heavy atom. The van der Waals surface area contributed by atoms with Gasteiger partial charge < -0.3 is 0 Å². The Morgan fingerprint density at radius 3 is 2.10 bits per heavy atom.